The minimum Gasteiger partial charge on any atom is -0.496 e. The van der Waals surface area contributed by atoms with E-state index in [0.717, 1.165) is 46.5 Å². The van der Waals surface area contributed by atoms with Crippen LogP contribution in [0.25, 0.3) is 22.2 Å². The molecule has 0 bridgehead atoms. The molecule has 174 valence electrons. The molecule has 4 aromatic rings. The second-order valence-corrected chi connectivity index (χ2v) is 8.65. The summed E-state index contributed by atoms with van der Waals surface area (Å²) in [6.45, 7) is 3.80. The first kappa shape index (κ1) is 21.8. The van der Waals surface area contributed by atoms with Crippen molar-refractivity contribution in [2.45, 2.75) is 52.0 Å². The summed E-state index contributed by atoms with van der Waals surface area (Å²) >= 11 is 0. The van der Waals surface area contributed by atoms with Crippen molar-refractivity contribution in [3.05, 3.63) is 41.4 Å². The lowest BCUT2D eigenvalue weighted by atomic mass is 9.95. The number of nitriles is 1. The van der Waals surface area contributed by atoms with Gasteiger partial charge < -0.3 is 24.9 Å². The molecular weight excluding hydrogens is 430 g/mol. The van der Waals surface area contributed by atoms with Gasteiger partial charge in [-0.05, 0) is 38.8 Å². The number of rotatable bonds is 6. The molecule has 0 radical (unpaired) electrons. The largest absolute Gasteiger partial charge is 0.496 e. The lowest BCUT2D eigenvalue weighted by Gasteiger charge is -2.24. The number of nitrogens with one attached hydrogen (secondary N) is 3. The number of hydrogen-bond acceptors (Lipinski definition) is 8. The van der Waals surface area contributed by atoms with E-state index in [0.29, 0.717) is 34.8 Å². The van der Waals surface area contributed by atoms with Gasteiger partial charge in [0.15, 0.2) is 0 Å². The van der Waals surface area contributed by atoms with Gasteiger partial charge in [0.25, 0.3) is 0 Å². The van der Waals surface area contributed by atoms with E-state index in [1.54, 1.807) is 13.3 Å². The smallest absolute Gasteiger partial charge is 0.231 e. The van der Waals surface area contributed by atoms with Gasteiger partial charge in [-0.15, -0.1) is 0 Å². The Hall–Kier alpha value is -4.06. The normalized spacial score (nSPS) is 14.2. The number of fused-ring (bicyclic) bond motifs is 1. The fraction of sp³-hybridized carbons (Fsp3) is 0.360. The third-order valence-electron chi connectivity index (χ3n) is 6.36. The number of H-pyrrole nitrogens is 1. The van der Waals surface area contributed by atoms with Crippen molar-refractivity contribution >= 4 is 28.5 Å². The summed E-state index contributed by atoms with van der Waals surface area (Å²) in [7, 11) is 1.64. The Morgan fingerprint density at radius 2 is 2.00 bits per heavy atom. The summed E-state index contributed by atoms with van der Waals surface area (Å²) in [6.07, 6.45) is 7.54. The Bertz CT molecular complexity index is 1360. The van der Waals surface area contributed by atoms with Gasteiger partial charge in [-0.3, -0.25) is 0 Å². The molecule has 9 heteroatoms. The molecule has 5 rings (SSSR count). The summed E-state index contributed by atoms with van der Waals surface area (Å²) < 4.78 is 11.0. The maximum absolute atomic E-state index is 9.57. The zero-order valence-corrected chi connectivity index (χ0v) is 19.5. The van der Waals surface area contributed by atoms with Crippen molar-refractivity contribution in [1.82, 2.24) is 20.1 Å². The molecule has 1 saturated carbocycles. The summed E-state index contributed by atoms with van der Waals surface area (Å²) in [5.74, 6) is 2.54. The van der Waals surface area contributed by atoms with Crippen LogP contribution in [0.3, 0.4) is 0 Å². The fourth-order valence-electron chi connectivity index (χ4n) is 4.69. The number of methoxy groups -OCH3 is 1. The third kappa shape index (κ3) is 4.03. The third-order valence-corrected chi connectivity index (χ3v) is 6.36. The first-order chi connectivity index (χ1) is 16.6. The van der Waals surface area contributed by atoms with E-state index in [1.165, 1.54) is 19.3 Å². The standard InChI is InChI=1S/C25H27N7O2/c1-14-21(15(2)34-32-14)19-10-9-18(11-20(19)33-3)29-25-30-23-22(16(12-26)13-27-23)24(31-25)28-17-7-5-4-6-8-17/h9-11,13,17H,4-8H2,1-3H3,(H3,27,28,29,30,31). The number of ether oxygens (including phenoxy) is 1. The Balaban J connectivity index is 1.49. The average molecular weight is 458 g/mol. The number of nitrogens with zero attached hydrogens (tertiary/aromatic N) is 4. The average Bonchev–Trinajstić information content (AvgIpc) is 3.42. The molecule has 9 nitrogen and oxygen atoms in total. The van der Waals surface area contributed by atoms with Crippen molar-refractivity contribution in [1.29, 1.82) is 5.26 Å². The zero-order valence-electron chi connectivity index (χ0n) is 19.5. The highest BCUT2D eigenvalue weighted by Crippen LogP contribution is 2.37. The van der Waals surface area contributed by atoms with Gasteiger partial charge in [-0.2, -0.15) is 15.2 Å². The summed E-state index contributed by atoms with van der Waals surface area (Å²) in [5.41, 5.74) is 4.57. The van der Waals surface area contributed by atoms with Crippen LogP contribution < -0.4 is 15.4 Å². The van der Waals surface area contributed by atoms with E-state index in [-0.39, 0.29) is 0 Å². The molecule has 1 aliphatic rings. The molecule has 0 unspecified atom stereocenters. The molecular formula is C25H27N7O2. The molecule has 0 amide bonds. The van der Waals surface area contributed by atoms with Gasteiger partial charge in [-0.1, -0.05) is 24.4 Å². The summed E-state index contributed by atoms with van der Waals surface area (Å²) in [4.78, 5) is 12.5. The van der Waals surface area contributed by atoms with Gasteiger partial charge in [0, 0.05) is 29.6 Å². The Labute approximate surface area is 197 Å². The molecule has 1 fully saturated rings. The molecule has 0 atom stereocenters. The fourth-order valence-corrected chi connectivity index (χ4v) is 4.69. The van der Waals surface area contributed by atoms with E-state index >= 15 is 0 Å². The number of hydrogen-bond donors (Lipinski definition) is 3. The Morgan fingerprint density at radius 1 is 1.18 bits per heavy atom. The molecule has 0 aliphatic heterocycles. The number of benzene rings is 1. The Kier molecular flexibility index (Phi) is 5.80. The van der Waals surface area contributed by atoms with Gasteiger partial charge in [0.1, 0.15) is 29.0 Å². The minimum atomic E-state index is 0.343. The first-order valence-electron chi connectivity index (χ1n) is 11.5. The zero-order chi connectivity index (χ0) is 23.7. The molecule has 1 aromatic carbocycles. The first-order valence-corrected chi connectivity index (χ1v) is 11.5. The second kappa shape index (κ2) is 9.06. The van der Waals surface area contributed by atoms with E-state index in [4.69, 9.17) is 14.2 Å². The molecule has 3 aromatic heterocycles. The number of aromatic nitrogens is 4. The SMILES string of the molecule is COc1cc(Nc2nc(NC3CCCCC3)c3c(C#N)c[nH]c3n2)ccc1-c1c(C)noc1C. The van der Waals surface area contributed by atoms with E-state index < -0.39 is 0 Å². The highest BCUT2D eigenvalue weighted by atomic mass is 16.5. The maximum Gasteiger partial charge on any atom is 0.231 e. The van der Waals surface area contributed by atoms with E-state index in [1.807, 2.05) is 32.0 Å². The lowest BCUT2D eigenvalue weighted by molar-refractivity contribution is 0.393. The molecule has 34 heavy (non-hydrogen) atoms. The van der Waals surface area contributed by atoms with Crippen LogP contribution in [0, 0.1) is 25.2 Å². The highest BCUT2D eigenvalue weighted by molar-refractivity contribution is 5.93. The van der Waals surface area contributed by atoms with Gasteiger partial charge in [0.2, 0.25) is 5.95 Å². The molecule has 3 heterocycles. The molecule has 0 spiro atoms. The quantitative estimate of drug-likeness (QED) is 0.342. The molecule has 0 saturated heterocycles. The Morgan fingerprint density at radius 3 is 2.71 bits per heavy atom. The predicted octanol–water partition coefficient (Wildman–Crippen LogP) is 5.60. The summed E-state index contributed by atoms with van der Waals surface area (Å²) in [6, 6.07) is 8.40. The van der Waals surface area contributed by atoms with Crippen molar-refractivity contribution < 1.29 is 9.26 Å². The van der Waals surface area contributed by atoms with E-state index in [9.17, 15) is 5.26 Å². The van der Waals surface area contributed by atoms with Crippen molar-refractivity contribution in [2.75, 3.05) is 17.7 Å². The predicted molar refractivity (Wildman–Crippen MR) is 130 cm³/mol. The van der Waals surface area contributed by atoms with Crippen LogP contribution in [0.15, 0.2) is 28.9 Å². The van der Waals surface area contributed by atoms with Crippen LogP contribution >= 0.6 is 0 Å². The van der Waals surface area contributed by atoms with Crippen LogP contribution in [0.4, 0.5) is 17.5 Å². The van der Waals surface area contributed by atoms with Crippen molar-refractivity contribution in [2.24, 2.45) is 0 Å². The van der Waals surface area contributed by atoms with Crippen LogP contribution in [0.1, 0.15) is 49.1 Å². The van der Waals surface area contributed by atoms with Crippen molar-refractivity contribution in [3.63, 3.8) is 0 Å². The number of anilines is 3. The van der Waals surface area contributed by atoms with Crippen LogP contribution in [0.2, 0.25) is 0 Å². The second-order valence-electron chi connectivity index (χ2n) is 8.65. The monoisotopic (exact) mass is 457 g/mol. The van der Waals surface area contributed by atoms with Crippen LogP contribution in [-0.2, 0) is 0 Å². The highest BCUT2D eigenvalue weighted by Gasteiger charge is 2.20. The lowest BCUT2D eigenvalue weighted by Crippen LogP contribution is -2.23. The molecule has 3 N–H and O–H groups in total. The van der Waals surface area contributed by atoms with Gasteiger partial charge >= 0.3 is 0 Å². The van der Waals surface area contributed by atoms with Gasteiger partial charge in [-0.25, -0.2) is 0 Å². The number of aryl methyl sites for hydroxylation is 2. The number of aromatic amines is 1. The maximum atomic E-state index is 9.57. The van der Waals surface area contributed by atoms with Crippen molar-refractivity contribution in [3.8, 4) is 22.9 Å². The van der Waals surface area contributed by atoms with E-state index in [2.05, 4.69) is 31.8 Å². The topological polar surface area (TPSA) is 125 Å². The molecule has 1 aliphatic carbocycles. The minimum absolute atomic E-state index is 0.343. The van der Waals surface area contributed by atoms with Gasteiger partial charge in [0.05, 0.1) is 29.3 Å². The summed E-state index contributed by atoms with van der Waals surface area (Å²) in [5, 5.41) is 21.2. The van der Waals surface area contributed by atoms with Crippen LogP contribution in [-0.4, -0.2) is 33.3 Å². The van der Waals surface area contributed by atoms with Crippen LogP contribution in [0.5, 0.6) is 5.75 Å².